The fraction of sp³-hybridized carbons (Fsp3) is 0.929. The van der Waals surface area contributed by atoms with Gasteiger partial charge in [-0.25, -0.2) is 5.84 Å². The van der Waals surface area contributed by atoms with Gasteiger partial charge in [-0.05, 0) is 38.5 Å². The number of nitrogens with one attached hydrogen (secondary N) is 1. The average Bonchev–Trinajstić information content (AvgIpc) is 2.68. The maximum Gasteiger partial charge on any atom is 0.208 e. The molecular formula is C14H30N4O. The Hall–Kier alpha value is -0.810. The maximum atomic E-state index is 5.61. The van der Waals surface area contributed by atoms with Crippen LogP contribution < -0.4 is 11.3 Å². The van der Waals surface area contributed by atoms with Crippen LogP contribution in [0.3, 0.4) is 0 Å². The molecule has 0 radical (unpaired) electrons. The highest BCUT2D eigenvalue weighted by Gasteiger charge is 2.17. The molecule has 19 heavy (non-hydrogen) atoms. The molecule has 3 N–H and O–H groups in total. The Balaban J connectivity index is 2.38. The number of hydrogen-bond acceptors (Lipinski definition) is 3. The molecule has 0 amide bonds. The van der Waals surface area contributed by atoms with E-state index in [1.165, 1.54) is 25.7 Å². The smallest absolute Gasteiger partial charge is 0.208 e. The van der Waals surface area contributed by atoms with Crippen molar-refractivity contribution in [2.75, 3.05) is 32.8 Å². The van der Waals surface area contributed by atoms with Crippen LogP contribution in [0.25, 0.3) is 0 Å². The zero-order valence-corrected chi connectivity index (χ0v) is 12.5. The molecule has 1 atom stereocenters. The number of ether oxygens (including phenoxy) is 1. The summed E-state index contributed by atoms with van der Waals surface area (Å²) in [6.07, 6.45) is 6.04. The Morgan fingerprint density at radius 2 is 2.21 bits per heavy atom. The normalized spacial score (nSPS) is 21.3. The minimum Gasteiger partial charge on any atom is -0.382 e. The zero-order chi connectivity index (χ0) is 13.9. The monoisotopic (exact) mass is 270 g/mol. The summed E-state index contributed by atoms with van der Waals surface area (Å²) in [5.41, 5.74) is 2.76. The van der Waals surface area contributed by atoms with Gasteiger partial charge in [-0.15, -0.1) is 0 Å². The lowest BCUT2D eigenvalue weighted by Gasteiger charge is -2.23. The molecule has 112 valence electrons. The van der Waals surface area contributed by atoms with E-state index >= 15 is 0 Å². The van der Waals surface area contributed by atoms with Gasteiger partial charge in [-0.3, -0.25) is 10.4 Å². The molecule has 0 aromatic heterocycles. The highest BCUT2D eigenvalue weighted by atomic mass is 16.5. The molecule has 5 heteroatoms. The predicted molar refractivity (Wildman–Crippen MR) is 79.9 cm³/mol. The van der Waals surface area contributed by atoms with E-state index in [0.29, 0.717) is 0 Å². The molecule has 1 aliphatic rings. The molecule has 1 saturated heterocycles. The van der Waals surface area contributed by atoms with Crippen molar-refractivity contribution in [1.29, 1.82) is 0 Å². The Morgan fingerprint density at radius 3 is 2.89 bits per heavy atom. The summed E-state index contributed by atoms with van der Waals surface area (Å²) in [4.78, 5) is 6.84. The van der Waals surface area contributed by atoms with Gasteiger partial charge in [-0.2, -0.15) is 0 Å². The molecule has 0 bridgehead atoms. The van der Waals surface area contributed by atoms with E-state index in [0.717, 1.165) is 51.1 Å². The van der Waals surface area contributed by atoms with E-state index in [-0.39, 0.29) is 0 Å². The van der Waals surface area contributed by atoms with Gasteiger partial charge in [0.15, 0.2) is 0 Å². The summed E-state index contributed by atoms with van der Waals surface area (Å²) in [6.45, 7) is 8.74. The molecule has 1 fully saturated rings. The third-order valence-corrected chi connectivity index (χ3v) is 3.77. The summed E-state index contributed by atoms with van der Waals surface area (Å²) in [5.74, 6) is 7.31. The van der Waals surface area contributed by atoms with Crippen LogP contribution in [0.1, 0.15) is 46.0 Å². The van der Waals surface area contributed by atoms with Crippen molar-refractivity contribution in [3.05, 3.63) is 0 Å². The molecule has 1 heterocycles. The molecule has 5 nitrogen and oxygen atoms in total. The Labute approximate surface area is 117 Å². The largest absolute Gasteiger partial charge is 0.382 e. The first-order chi connectivity index (χ1) is 9.31. The second-order valence-electron chi connectivity index (χ2n) is 5.09. The Morgan fingerprint density at radius 1 is 1.37 bits per heavy atom. The van der Waals surface area contributed by atoms with Crippen LogP contribution in [0.5, 0.6) is 0 Å². The Kier molecular flexibility index (Phi) is 8.58. The van der Waals surface area contributed by atoms with E-state index in [4.69, 9.17) is 10.6 Å². The summed E-state index contributed by atoms with van der Waals surface area (Å²) in [7, 11) is 0. The van der Waals surface area contributed by atoms with Crippen LogP contribution in [0, 0.1) is 5.92 Å². The van der Waals surface area contributed by atoms with E-state index < -0.39 is 0 Å². The lowest BCUT2D eigenvalue weighted by Crippen LogP contribution is -2.45. The van der Waals surface area contributed by atoms with Gasteiger partial charge < -0.3 is 9.64 Å². The number of guanidine groups is 1. The number of nitrogens with two attached hydrogens (primary N) is 1. The highest BCUT2D eigenvalue weighted by molar-refractivity contribution is 5.79. The van der Waals surface area contributed by atoms with E-state index in [1.807, 2.05) is 6.92 Å². The number of aliphatic imine (C=N–C) groups is 1. The Bertz CT molecular complexity index is 258. The highest BCUT2D eigenvalue weighted by Crippen LogP contribution is 2.20. The lowest BCUT2D eigenvalue weighted by atomic mass is 9.98. The molecular weight excluding hydrogens is 240 g/mol. The van der Waals surface area contributed by atoms with Crippen LogP contribution in [0.15, 0.2) is 4.99 Å². The first-order valence-electron chi connectivity index (χ1n) is 7.65. The second-order valence-corrected chi connectivity index (χ2v) is 5.09. The van der Waals surface area contributed by atoms with Crippen molar-refractivity contribution in [3.8, 4) is 0 Å². The molecule has 1 rings (SSSR count). The number of likely N-dealkylation sites (tertiary alicyclic amines) is 1. The van der Waals surface area contributed by atoms with Crippen molar-refractivity contribution in [2.24, 2.45) is 16.8 Å². The molecule has 0 spiro atoms. The minimum absolute atomic E-state index is 0.771. The molecule has 1 unspecified atom stereocenters. The topological polar surface area (TPSA) is 62.9 Å². The van der Waals surface area contributed by atoms with Crippen molar-refractivity contribution in [1.82, 2.24) is 10.3 Å². The van der Waals surface area contributed by atoms with E-state index in [1.54, 1.807) is 0 Å². The average molecular weight is 270 g/mol. The van der Waals surface area contributed by atoms with Crippen molar-refractivity contribution in [3.63, 3.8) is 0 Å². The number of hydrazine groups is 1. The second kappa shape index (κ2) is 10.0. The van der Waals surface area contributed by atoms with Crippen LogP contribution in [-0.4, -0.2) is 43.7 Å². The maximum absolute atomic E-state index is 5.61. The fourth-order valence-corrected chi connectivity index (χ4v) is 2.52. The van der Waals surface area contributed by atoms with Gasteiger partial charge in [0.2, 0.25) is 5.96 Å². The lowest BCUT2D eigenvalue weighted by molar-refractivity contribution is 0.146. The van der Waals surface area contributed by atoms with Crippen LogP contribution in [0.2, 0.25) is 0 Å². The van der Waals surface area contributed by atoms with Crippen LogP contribution in [0.4, 0.5) is 0 Å². The number of rotatable bonds is 6. The first kappa shape index (κ1) is 16.2. The van der Waals surface area contributed by atoms with Gasteiger partial charge in [0.1, 0.15) is 0 Å². The van der Waals surface area contributed by atoms with Crippen LogP contribution in [-0.2, 0) is 4.74 Å². The summed E-state index contributed by atoms with van der Waals surface area (Å²) >= 11 is 0. The molecule has 0 aromatic rings. The van der Waals surface area contributed by atoms with Gasteiger partial charge in [0, 0.05) is 32.8 Å². The van der Waals surface area contributed by atoms with E-state index in [2.05, 4.69) is 22.2 Å². The van der Waals surface area contributed by atoms with Crippen molar-refractivity contribution in [2.45, 2.75) is 46.0 Å². The van der Waals surface area contributed by atoms with Gasteiger partial charge >= 0.3 is 0 Å². The number of hydrogen-bond donors (Lipinski definition) is 2. The quantitative estimate of drug-likeness (QED) is 0.254. The first-order valence-corrected chi connectivity index (χ1v) is 7.65. The summed E-state index contributed by atoms with van der Waals surface area (Å²) in [5, 5.41) is 0. The third kappa shape index (κ3) is 6.25. The van der Waals surface area contributed by atoms with Crippen molar-refractivity contribution >= 4 is 5.96 Å². The van der Waals surface area contributed by atoms with Gasteiger partial charge in [0.05, 0.1) is 0 Å². The molecule has 0 saturated carbocycles. The summed E-state index contributed by atoms with van der Waals surface area (Å²) < 4.78 is 5.31. The zero-order valence-electron chi connectivity index (χ0n) is 12.5. The molecule has 0 aromatic carbocycles. The van der Waals surface area contributed by atoms with Gasteiger partial charge in [-0.1, -0.05) is 13.3 Å². The number of nitrogens with zero attached hydrogens (tertiary/aromatic N) is 2. The fourth-order valence-electron chi connectivity index (χ4n) is 2.52. The van der Waals surface area contributed by atoms with E-state index in [9.17, 15) is 0 Å². The predicted octanol–water partition coefficient (Wildman–Crippen LogP) is 1.74. The third-order valence-electron chi connectivity index (χ3n) is 3.77. The SMILES string of the molecule is CCOCCCN=C(NN)N1CCCC(CC)CC1. The molecule has 0 aliphatic carbocycles. The van der Waals surface area contributed by atoms with Crippen LogP contribution >= 0.6 is 0 Å². The summed E-state index contributed by atoms with van der Waals surface area (Å²) in [6, 6.07) is 0. The molecule has 1 aliphatic heterocycles. The minimum atomic E-state index is 0.771. The standard InChI is InChI=1S/C14H30N4O/c1-3-13-7-5-10-18(11-8-13)14(17-15)16-9-6-12-19-4-2/h13H,3-12,15H2,1-2H3,(H,16,17). The van der Waals surface area contributed by atoms with Gasteiger partial charge in [0.25, 0.3) is 0 Å². The van der Waals surface area contributed by atoms with Crippen molar-refractivity contribution < 1.29 is 4.74 Å².